The summed E-state index contributed by atoms with van der Waals surface area (Å²) in [6.07, 6.45) is 1.41. The number of nitrogens with zero attached hydrogens (tertiary/aromatic N) is 3. The molecule has 3 N–H and O–H groups in total. The molecule has 144 valence electrons. The van der Waals surface area contributed by atoms with E-state index in [4.69, 9.17) is 22.1 Å². The smallest absolute Gasteiger partial charge is 0.339 e. The second-order valence-corrected chi connectivity index (χ2v) is 6.55. The topological polar surface area (TPSA) is 93.4 Å². The van der Waals surface area contributed by atoms with Gasteiger partial charge in [-0.2, -0.15) is 0 Å². The van der Waals surface area contributed by atoms with Crippen molar-refractivity contribution in [3.05, 3.63) is 64.9 Å². The maximum Gasteiger partial charge on any atom is 0.339 e. The van der Waals surface area contributed by atoms with Crippen molar-refractivity contribution in [1.82, 2.24) is 9.97 Å². The molecule has 0 aliphatic heterocycles. The maximum absolute atomic E-state index is 12.1. The number of methoxy groups -OCH3 is 1. The van der Waals surface area contributed by atoms with E-state index in [2.05, 4.69) is 15.3 Å². The van der Waals surface area contributed by atoms with Crippen LogP contribution in [0.1, 0.15) is 15.9 Å². The van der Waals surface area contributed by atoms with Gasteiger partial charge in [-0.3, -0.25) is 0 Å². The highest BCUT2D eigenvalue weighted by molar-refractivity contribution is 6.30. The van der Waals surface area contributed by atoms with E-state index in [-0.39, 0.29) is 0 Å². The predicted octanol–water partition coefficient (Wildman–Crippen LogP) is 4.32. The Bertz CT molecular complexity index is 1030. The van der Waals surface area contributed by atoms with Crippen molar-refractivity contribution in [2.24, 2.45) is 0 Å². The molecular weight excluding hydrogens is 378 g/mol. The molecule has 0 fully saturated rings. The molecule has 0 spiro atoms. The second kappa shape index (κ2) is 8.14. The van der Waals surface area contributed by atoms with Gasteiger partial charge in [0.25, 0.3) is 0 Å². The molecule has 3 aromatic rings. The Morgan fingerprint density at radius 2 is 1.96 bits per heavy atom. The van der Waals surface area contributed by atoms with E-state index in [1.165, 1.54) is 13.4 Å². The van der Waals surface area contributed by atoms with Crippen LogP contribution in [0.25, 0.3) is 0 Å². The first-order chi connectivity index (χ1) is 13.4. The summed E-state index contributed by atoms with van der Waals surface area (Å²) in [7, 11) is 3.11. The van der Waals surface area contributed by atoms with Crippen molar-refractivity contribution in [3.63, 3.8) is 0 Å². The van der Waals surface area contributed by atoms with E-state index in [0.29, 0.717) is 33.6 Å². The zero-order valence-corrected chi connectivity index (χ0v) is 16.5. The van der Waals surface area contributed by atoms with Crippen molar-refractivity contribution in [2.45, 2.75) is 6.92 Å². The monoisotopic (exact) mass is 397 g/mol. The molecule has 0 radical (unpaired) electrons. The number of benzene rings is 2. The highest BCUT2D eigenvalue weighted by Gasteiger charge is 2.19. The van der Waals surface area contributed by atoms with Crippen LogP contribution >= 0.6 is 11.6 Å². The number of esters is 1. The molecule has 0 amide bonds. The van der Waals surface area contributed by atoms with Gasteiger partial charge >= 0.3 is 5.97 Å². The standard InChI is InChI=1S/C20H20ClN5O2/c1-12-8-9-13(21)10-15(12)25-18-17(22)19(24-11-23-18)26(2)16-7-5-4-6-14(16)20(27)28-3/h4-11H,22H2,1-3H3,(H,23,24,25). The fourth-order valence-electron chi connectivity index (χ4n) is 2.77. The van der Waals surface area contributed by atoms with Gasteiger partial charge in [0.15, 0.2) is 11.6 Å². The normalized spacial score (nSPS) is 10.4. The number of ether oxygens (including phenoxy) is 1. The molecule has 28 heavy (non-hydrogen) atoms. The largest absolute Gasteiger partial charge is 0.465 e. The molecule has 0 aliphatic carbocycles. The van der Waals surface area contributed by atoms with E-state index >= 15 is 0 Å². The van der Waals surface area contributed by atoms with Crippen LogP contribution in [0, 0.1) is 6.92 Å². The van der Waals surface area contributed by atoms with Crippen molar-refractivity contribution in [1.29, 1.82) is 0 Å². The summed E-state index contributed by atoms with van der Waals surface area (Å²) in [5.41, 5.74) is 9.49. The van der Waals surface area contributed by atoms with Crippen LogP contribution in [-0.2, 0) is 4.74 Å². The molecule has 3 rings (SSSR count). The van der Waals surface area contributed by atoms with Gasteiger partial charge in [0.05, 0.1) is 18.4 Å². The highest BCUT2D eigenvalue weighted by atomic mass is 35.5. The number of carbonyl (C=O) groups excluding carboxylic acids is 1. The minimum Gasteiger partial charge on any atom is -0.465 e. The summed E-state index contributed by atoms with van der Waals surface area (Å²) in [6, 6.07) is 12.6. The lowest BCUT2D eigenvalue weighted by molar-refractivity contribution is 0.0601. The zero-order chi connectivity index (χ0) is 20.3. The van der Waals surface area contributed by atoms with E-state index in [1.807, 2.05) is 25.1 Å². The van der Waals surface area contributed by atoms with Crippen LogP contribution in [-0.4, -0.2) is 30.1 Å². The Labute approximate surface area is 168 Å². The molecule has 0 saturated carbocycles. The first-order valence-corrected chi connectivity index (χ1v) is 8.85. The lowest BCUT2D eigenvalue weighted by Crippen LogP contribution is -2.18. The Hall–Kier alpha value is -3.32. The fourth-order valence-corrected chi connectivity index (χ4v) is 2.94. The summed E-state index contributed by atoms with van der Waals surface area (Å²) in [6.45, 7) is 1.95. The first kappa shape index (κ1) is 19.4. The van der Waals surface area contributed by atoms with E-state index in [0.717, 1.165) is 11.3 Å². The number of nitrogens with two attached hydrogens (primary N) is 1. The van der Waals surface area contributed by atoms with Gasteiger partial charge in [0.2, 0.25) is 0 Å². The van der Waals surface area contributed by atoms with Crippen LogP contribution in [0.2, 0.25) is 5.02 Å². The Morgan fingerprint density at radius 3 is 2.71 bits per heavy atom. The van der Waals surface area contributed by atoms with Crippen molar-refractivity contribution in [3.8, 4) is 0 Å². The summed E-state index contributed by atoms with van der Waals surface area (Å²) in [5.74, 6) is 0.453. The van der Waals surface area contributed by atoms with Crippen molar-refractivity contribution >= 4 is 46.3 Å². The number of carbonyl (C=O) groups is 1. The number of aromatic nitrogens is 2. The van der Waals surface area contributed by atoms with Gasteiger partial charge < -0.3 is 20.7 Å². The van der Waals surface area contributed by atoms with Crippen molar-refractivity contribution in [2.75, 3.05) is 30.1 Å². The minimum absolute atomic E-state index is 0.337. The van der Waals surface area contributed by atoms with Crippen LogP contribution in [0.4, 0.5) is 28.7 Å². The number of nitrogens with one attached hydrogen (secondary N) is 1. The summed E-state index contributed by atoms with van der Waals surface area (Å²) >= 11 is 6.09. The SMILES string of the molecule is COC(=O)c1ccccc1N(C)c1ncnc(Nc2cc(Cl)ccc2C)c1N. The number of halogens is 1. The van der Waals surface area contributed by atoms with Gasteiger partial charge in [-0.05, 0) is 36.8 Å². The average Bonchev–Trinajstić information content (AvgIpc) is 2.71. The van der Waals surface area contributed by atoms with Crippen molar-refractivity contribution < 1.29 is 9.53 Å². The number of aryl methyl sites for hydroxylation is 1. The quantitative estimate of drug-likeness (QED) is 0.619. The molecule has 0 unspecified atom stereocenters. The van der Waals surface area contributed by atoms with Gasteiger partial charge in [0, 0.05) is 17.8 Å². The Kier molecular flexibility index (Phi) is 5.65. The van der Waals surface area contributed by atoms with Gasteiger partial charge in [-0.15, -0.1) is 0 Å². The number of para-hydroxylation sites is 1. The minimum atomic E-state index is -0.442. The van der Waals surface area contributed by atoms with E-state index < -0.39 is 5.97 Å². The summed E-state index contributed by atoms with van der Waals surface area (Å²) < 4.78 is 4.87. The van der Waals surface area contributed by atoms with Gasteiger partial charge in [0.1, 0.15) is 12.0 Å². The lowest BCUT2D eigenvalue weighted by atomic mass is 10.1. The highest BCUT2D eigenvalue weighted by Crippen LogP contribution is 2.34. The summed E-state index contributed by atoms with van der Waals surface area (Å²) in [4.78, 5) is 22.4. The van der Waals surface area contributed by atoms with E-state index in [1.54, 1.807) is 36.2 Å². The Morgan fingerprint density at radius 1 is 1.21 bits per heavy atom. The van der Waals surface area contributed by atoms with Crippen LogP contribution in [0.3, 0.4) is 0 Å². The van der Waals surface area contributed by atoms with Crippen LogP contribution < -0.4 is 16.0 Å². The van der Waals surface area contributed by atoms with Crippen LogP contribution in [0.15, 0.2) is 48.8 Å². The number of hydrogen-bond donors (Lipinski definition) is 2. The fraction of sp³-hybridized carbons (Fsp3) is 0.150. The average molecular weight is 398 g/mol. The molecule has 2 aromatic carbocycles. The molecule has 7 nitrogen and oxygen atoms in total. The predicted molar refractivity (Wildman–Crippen MR) is 112 cm³/mol. The first-order valence-electron chi connectivity index (χ1n) is 8.47. The molecular formula is C20H20ClN5O2. The molecule has 1 aromatic heterocycles. The molecule has 0 aliphatic rings. The van der Waals surface area contributed by atoms with Crippen LogP contribution in [0.5, 0.6) is 0 Å². The number of anilines is 5. The zero-order valence-electron chi connectivity index (χ0n) is 15.7. The lowest BCUT2D eigenvalue weighted by Gasteiger charge is -2.23. The third kappa shape index (κ3) is 3.84. The number of rotatable bonds is 5. The second-order valence-electron chi connectivity index (χ2n) is 6.11. The number of hydrogen-bond acceptors (Lipinski definition) is 7. The van der Waals surface area contributed by atoms with E-state index in [9.17, 15) is 4.79 Å². The van der Waals surface area contributed by atoms with Gasteiger partial charge in [-0.1, -0.05) is 29.8 Å². The molecule has 0 atom stereocenters. The molecule has 0 saturated heterocycles. The van der Waals surface area contributed by atoms with Gasteiger partial charge in [-0.25, -0.2) is 14.8 Å². The molecule has 1 heterocycles. The maximum atomic E-state index is 12.1. The third-order valence-electron chi connectivity index (χ3n) is 4.30. The summed E-state index contributed by atoms with van der Waals surface area (Å²) in [5, 5.41) is 3.80. The molecule has 8 heteroatoms. The Balaban J connectivity index is 2.00. The number of nitrogen functional groups attached to an aromatic ring is 1. The molecule has 0 bridgehead atoms. The third-order valence-corrected chi connectivity index (χ3v) is 4.54.